The summed E-state index contributed by atoms with van der Waals surface area (Å²) in [5, 5.41) is 22.3. The molecule has 0 amide bonds. The van der Waals surface area contributed by atoms with E-state index in [2.05, 4.69) is 15.1 Å². The lowest BCUT2D eigenvalue weighted by atomic mass is 9.71. The van der Waals surface area contributed by atoms with E-state index in [9.17, 15) is 5.11 Å². The van der Waals surface area contributed by atoms with Crippen molar-refractivity contribution >= 4 is 28.1 Å². The molecule has 2 unspecified atom stereocenters. The van der Waals surface area contributed by atoms with Crippen molar-refractivity contribution < 1.29 is 5.11 Å². The summed E-state index contributed by atoms with van der Waals surface area (Å²) in [4.78, 5) is 2.31. The van der Waals surface area contributed by atoms with Crippen LogP contribution in [0.15, 0.2) is 24.3 Å². The standard InChI is InChI=1S/C18H22ClN3OS/c19-15-6-4-13(5-7-15)11-16-20-21-17(24-16)22-10-9-18(23)8-2-1-3-14(18)12-22/h4-7,14,23H,1-3,8-12H2. The quantitative estimate of drug-likeness (QED) is 0.898. The molecule has 1 aromatic carbocycles. The van der Waals surface area contributed by atoms with Crippen LogP contribution in [0.25, 0.3) is 0 Å². The SMILES string of the molecule is OC12CCCCC1CN(c1nnc(Cc3ccc(Cl)cc3)s1)CC2. The number of aromatic nitrogens is 2. The minimum Gasteiger partial charge on any atom is -0.389 e. The van der Waals surface area contributed by atoms with Gasteiger partial charge in [0, 0.05) is 30.5 Å². The van der Waals surface area contributed by atoms with Crippen molar-refractivity contribution in [3.05, 3.63) is 39.9 Å². The zero-order valence-corrected chi connectivity index (χ0v) is 15.2. The van der Waals surface area contributed by atoms with Gasteiger partial charge in [-0.05, 0) is 37.0 Å². The molecular formula is C18H22ClN3OS. The Balaban J connectivity index is 1.44. The third-order valence-electron chi connectivity index (χ3n) is 5.42. The highest BCUT2D eigenvalue weighted by atomic mass is 35.5. The molecular weight excluding hydrogens is 342 g/mol. The van der Waals surface area contributed by atoms with Crippen molar-refractivity contribution in [3.63, 3.8) is 0 Å². The predicted octanol–water partition coefficient (Wildman–Crippen LogP) is 3.91. The molecule has 0 radical (unpaired) electrons. The molecule has 2 fully saturated rings. The molecule has 2 heterocycles. The third kappa shape index (κ3) is 3.30. The van der Waals surface area contributed by atoms with E-state index >= 15 is 0 Å². The first-order valence-electron chi connectivity index (χ1n) is 8.66. The van der Waals surface area contributed by atoms with Gasteiger partial charge in [0.15, 0.2) is 0 Å². The van der Waals surface area contributed by atoms with Crippen molar-refractivity contribution in [2.75, 3.05) is 18.0 Å². The summed E-state index contributed by atoms with van der Waals surface area (Å²) in [5.74, 6) is 0.378. The molecule has 2 aromatic rings. The van der Waals surface area contributed by atoms with Crippen LogP contribution in [0, 0.1) is 5.92 Å². The molecule has 2 atom stereocenters. The van der Waals surface area contributed by atoms with Crippen molar-refractivity contribution in [1.29, 1.82) is 0 Å². The maximum Gasteiger partial charge on any atom is 0.208 e. The number of hydrogen-bond donors (Lipinski definition) is 1. The second-order valence-electron chi connectivity index (χ2n) is 7.02. The van der Waals surface area contributed by atoms with Crippen molar-refractivity contribution in [2.45, 2.75) is 44.1 Å². The molecule has 6 heteroatoms. The molecule has 1 aliphatic heterocycles. The number of anilines is 1. The normalized spacial score (nSPS) is 27.1. The molecule has 128 valence electrons. The van der Waals surface area contributed by atoms with Crippen LogP contribution >= 0.6 is 22.9 Å². The van der Waals surface area contributed by atoms with Crippen LogP contribution < -0.4 is 4.90 Å². The molecule has 0 bridgehead atoms. The average Bonchev–Trinajstić information content (AvgIpc) is 3.04. The molecule has 0 spiro atoms. The van der Waals surface area contributed by atoms with E-state index in [1.165, 1.54) is 12.0 Å². The molecule has 2 aliphatic rings. The van der Waals surface area contributed by atoms with Gasteiger partial charge in [0.1, 0.15) is 5.01 Å². The van der Waals surface area contributed by atoms with E-state index in [0.717, 1.165) is 60.4 Å². The first kappa shape index (κ1) is 16.3. The highest BCUT2D eigenvalue weighted by Crippen LogP contribution is 2.41. The number of hydrogen-bond acceptors (Lipinski definition) is 5. The first-order chi connectivity index (χ1) is 11.6. The molecule has 1 aromatic heterocycles. The van der Waals surface area contributed by atoms with E-state index in [1.54, 1.807) is 11.3 Å². The van der Waals surface area contributed by atoms with E-state index < -0.39 is 5.60 Å². The fraction of sp³-hybridized carbons (Fsp3) is 0.556. The van der Waals surface area contributed by atoms with E-state index in [1.807, 2.05) is 24.3 Å². The Morgan fingerprint density at radius 2 is 2.04 bits per heavy atom. The molecule has 1 saturated heterocycles. The summed E-state index contributed by atoms with van der Waals surface area (Å²) in [6.45, 7) is 1.79. The fourth-order valence-corrected chi connectivity index (χ4v) is 5.00. The van der Waals surface area contributed by atoms with E-state index in [4.69, 9.17) is 11.6 Å². The van der Waals surface area contributed by atoms with Gasteiger partial charge >= 0.3 is 0 Å². The van der Waals surface area contributed by atoms with Crippen LogP contribution in [0.4, 0.5) is 5.13 Å². The van der Waals surface area contributed by atoms with Crippen molar-refractivity contribution in [2.24, 2.45) is 5.92 Å². The van der Waals surface area contributed by atoms with Crippen LogP contribution in [0.5, 0.6) is 0 Å². The topological polar surface area (TPSA) is 49.2 Å². The zero-order chi connectivity index (χ0) is 16.6. The lowest BCUT2D eigenvalue weighted by Gasteiger charge is -2.47. The Morgan fingerprint density at radius 1 is 1.21 bits per heavy atom. The largest absolute Gasteiger partial charge is 0.389 e. The highest BCUT2D eigenvalue weighted by molar-refractivity contribution is 7.15. The monoisotopic (exact) mass is 363 g/mol. The maximum absolute atomic E-state index is 10.8. The van der Waals surface area contributed by atoms with Gasteiger partial charge in [-0.25, -0.2) is 0 Å². The number of rotatable bonds is 3. The van der Waals surface area contributed by atoms with Crippen LogP contribution in [-0.2, 0) is 6.42 Å². The fourth-order valence-electron chi connectivity index (χ4n) is 3.97. The molecule has 1 saturated carbocycles. The first-order valence-corrected chi connectivity index (χ1v) is 9.86. The minimum atomic E-state index is -0.439. The Bertz CT molecular complexity index is 705. The number of halogens is 1. The van der Waals surface area contributed by atoms with Crippen LogP contribution in [-0.4, -0.2) is 34.0 Å². The molecule has 4 rings (SSSR count). The summed E-state index contributed by atoms with van der Waals surface area (Å²) in [7, 11) is 0. The number of nitrogens with zero attached hydrogens (tertiary/aromatic N) is 3. The van der Waals surface area contributed by atoms with Crippen LogP contribution in [0.3, 0.4) is 0 Å². The summed E-state index contributed by atoms with van der Waals surface area (Å²) < 4.78 is 0. The Morgan fingerprint density at radius 3 is 2.88 bits per heavy atom. The molecule has 1 N–H and O–H groups in total. The maximum atomic E-state index is 10.8. The van der Waals surface area contributed by atoms with Gasteiger partial charge < -0.3 is 10.0 Å². The summed E-state index contributed by atoms with van der Waals surface area (Å²) in [6, 6.07) is 7.89. The third-order valence-corrected chi connectivity index (χ3v) is 6.66. The van der Waals surface area contributed by atoms with Gasteiger partial charge in [0.2, 0.25) is 5.13 Å². The highest BCUT2D eigenvalue weighted by Gasteiger charge is 2.43. The predicted molar refractivity (Wildman–Crippen MR) is 97.9 cm³/mol. The summed E-state index contributed by atoms with van der Waals surface area (Å²) in [6.07, 6.45) is 6.13. The Kier molecular flexibility index (Phi) is 4.50. The lowest BCUT2D eigenvalue weighted by Crippen LogP contribution is -2.53. The number of aliphatic hydroxyl groups is 1. The number of fused-ring (bicyclic) bond motifs is 1. The second-order valence-corrected chi connectivity index (χ2v) is 8.50. The molecule has 24 heavy (non-hydrogen) atoms. The Hall–Kier alpha value is -1.17. The van der Waals surface area contributed by atoms with Crippen molar-refractivity contribution in [3.8, 4) is 0 Å². The number of benzene rings is 1. The zero-order valence-electron chi connectivity index (χ0n) is 13.6. The van der Waals surface area contributed by atoms with Crippen LogP contribution in [0.2, 0.25) is 5.02 Å². The van der Waals surface area contributed by atoms with Gasteiger partial charge in [-0.1, -0.05) is 47.9 Å². The van der Waals surface area contributed by atoms with E-state index in [-0.39, 0.29) is 0 Å². The van der Waals surface area contributed by atoms with Gasteiger partial charge in [0.25, 0.3) is 0 Å². The lowest BCUT2D eigenvalue weighted by molar-refractivity contribution is -0.0612. The minimum absolute atomic E-state index is 0.378. The van der Waals surface area contributed by atoms with Gasteiger partial charge in [-0.15, -0.1) is 10.2 Å². The van der Waals surface area contributed by atoms with Gasteiger partial charge in [-0.2, -0.15) is 0 Å². The average molecular weight is 364 g/mol. The Labute approximate surface area is 151 Å². The van der Waals surface area contributed by atoms with Crippen LogP contribution in [0.1, 0.15) is 42.7 Å². The summed E-state index contributed by atoms with van der Waals surface area (Å²) in [5.41, 5.74) is 0.758. The summed E-state index contributed by atoms with van der Waals surface area (Å²) >= 11 is 7.60. The van der Waals surface area contributed by atoms with Gasteiger partial charge in [-0.3, -0.25) is 0 Å². The van der Waals surface area contributed by atoms with Crippen molar-refractivity contribution in [1.82, 2.24) is 10.2 Å². The second kappa shape index (κ2) is 6.62. The van der Waals surface area contributed by atoms with E-state index in [0.29, 0.717) is 5.92 Å². The smallest absolute Gasteiger partial charge is 0.208 e. The van der Waals surface area contributed by atoms with Gasteiger partial charge in [0.05, 0.1) is 5.60 Å². The molecule has 4 nitrogen and oxygen atoms in total. The number of piperidine rings is 1. The molecule has 1 aliphatic carbocycles.